The van der Waals surface area contributed by atoms with Crippen molar-refractivity contribution in [3.63, 3.8) is 0 Å². The number of carbonyl (C=O) groups excluding carboxylic acids is 7. The Bertz CT molecular complexity index is 1150. The quantitative estimate of drug-likeness (QED) is 0.0316. The zero-order valence-electron chi connectivity index (χ0n) is 33.4. The number of Topliss-reactive ketones (excluding diaryl/α,β-unsaturated/α-hetero) is 3. The second kappa shape index (κ2) is 26.2. The van der Waals surface area contributed by atoms with Crippen molar-refractivity contribution in [3.8, 4) is 0 Å². The minimum atomic E-state index is -1.95. The van der Waals surface area contributed by atoms with Crippen molar-refractivity contribution in [3.05, 3.63) is 0 Å². The van der Waals surface area contributed by atoms with E-state index in [2.05, 4.69) is 21.3 Å². The molecule has 0 aliphatic carbocycles. The molecule has 0 aromatic heterocycles. The van der Waals surface area contributed by atoms with Crippen molar-refractivity contribution in [1.82, 2.24) is 21.3 Å². The molecule has 0 spiro atoms. The van der Waals surface area contributed by atoms with Gasteiger partial charge in [0.2, 0.25) is 23.6 Å². The Morgan fingerprint density at radius 3 is 1.02 bits per heavy atom. The van der Waals surface area contributed by atoms with Crippen molar-refractivity contribution in [2.24, 2.45) is 46.6 Å². The minimum Gasteiger partial charge on any atom is -0.344 e. The smallest absolute Gasteiger partial charge is 0.243 e. The zero-order valence-corrected chi connectivity index (χ0v) is 34.9. The Hall–Kier alpha value is -2.69. The molecular formula is C37H68Cl2N8O7. The van der Waals surface area contributed by atoms with Crippen LogP contribution in [-0.2, 0) is 33.6 Å². The third kappa shape index (κ3) is 18.3. The highest BCUT2D eigenvalue weighted by Gasteiger charge is 2.41. The first kappa shape index (κ1) is 51.3. The molecule has 0 aromatic carbocycles. The van der Waals surface area contributed by atoms with Crippen LogP contribution in [0.1, 0.15) is 107 Å². The molecule has 12 N–H and O–H groups in total. The molecule has 312 valence electrons. The standard InChI is InChI=1S/C37H68Cl2N8O7/c1-19(2)17-25(46-36(53)29(42)21(5)6)34(51)44-23(13-9-11-15-40)31(48)27(38)33(50)28(39)32(49)24(14-10-12-16-41)45-35(52)26(18-20(3)4)47-37(54)30(43)22(7)8/h19-30H,9-18,40-43H2,1-8H3,(H,44,51)(H,45,52)(H,46,53)(H,47,54)/t23-,24-,25-,26-,27?,28?,29+,30+/m0/s1. The van der Waals surface area contributed by atoms with E-state index < -0.39 is 88.0 Å². The van der Waals surface area contributed by atoms with E-state index in [1.54, 1.807) is 27.7 Å². The number of carbonyl (C=O) groups is 7. The van der Waals surface area contributed by atoms with Gasteiger partial charge in [-0.1, -0.05) is 55.4 Å². The molecular weight excluding hydrogens is 739 g/mol. The van der Waals surface area contributed by atoms with Crippen LogP contribution in [0, 0.1) is 23.7 Å². The molecule has 0 saturated heterocycles. The summed E-state index contributed by atoms with van der Waals surface area (Å²) in [6.07, 6.45) is 2.37. The SMILES string of the molecule is CC(C)C[C@H](NC(=O)[C@H](N)C(C)C)C(=O)N[C@@H](CCCCN)C(=O)C(Cl)C(=O)C(Cl)C(=O)[C@H](CCCCN)NC(=O)[C@H](CC(C)C)NC(=O)[C@H](N)C(C)C. The van der Waals surface area contributed by atoms with Gasteiger partial charge in [0, 0.05) is 0 Å². The van der Waals surface area contributed by atoms with Gasteiger partial charge in [0.1, 0.15) is 12.1 Å². The maximum atomic E-state index is 13.8. The van der Waals surface area contributed by atoms with Gasteiger partial charge < -0.3 is 44.2 Å². The second-order valence-electron chi connectivity index (χ2n) is 15.5. The van der Waals surface area contributed by atoms with Crippen LogP contribution in [-0.4, -0.2) is 101 Å². The van der Waals surface area contributed by atoms with E-state index >= 15 is 0 Å². The van der Waals surface area contributed by atoms with E-state index in [1.807, 2.05) is 27.7 Å². The summed E-state index contributed by atoms with van der Waals surface area (Å²) in [6.45, 7) is 15.1. The van der Waals surface area contributed by atoms with Gasteiger partial charge in [-0.3, -0.25) is 33.6 Å². The summed E-state index contributed by atoms with van der Waals surface area (Å²) in [5.74, 6) is -5.78. The van der Waals surface area contributed by atoms with E-state index in [4.69, 9.17) is 46.1 Å². The number of nitrogens with two attached hydrogens (primary N) is 4. The average molecular weight is 808 g/mol. The summed E-state index contributed by atoms with van der Waals surface area (Å²) >= 11 is 12.9. The molecule has 0 aromatic rings. The predicted octanol–water partition coefficient (Wildman–Crippen LogP) is 1.16. The summed E-state index contributed by atoms with van der Waals surface area (Å²) in [7, 11) is 0. The van der Waals surface area contributed by atoms with Gasteiger partial charge >= 0.3 is 0 Å². The number of amides is 4. The molecule has 17 heteroatoms. The van der Waals surface area contributed by atoms with Gasteiger partial charge in [0.15, 0.2) is 28.1 Å². The lowest BCUT2D eigenvalue weighted by Gasteiger charge is -2.27. The van der Waals surface area contributed by atoms with Gasteiger partial charge in [0.25, 0.3) is 0 Å². The van der Waals surface area contributed by atoms with Crippen LogP contribution < -0.4 is 44.2 Å². The number of rotatable bonds is 28. The number of alkyl halides is 2. The van der Waals surface area contributed by atoms with Gasteiger partial charge in [-0.05, 0) is 88.1 Å². The first-order valence-corrected chi connectivity index (χ1v) is 20.0. The molecule has 0 rings (SSSR count). The normalized spacial score (nSPS) is 16.2. The van der Waals surface area contributed by atoms with Crippen LogP contribution in [0.15, 0.2) is 0 Å². The molecule has 0 heterocycles. The summed E-state index contributed by atoms with van der Waals surface area (Å²) in [5.41, 5.74) is 23.3. The van der Waals surface area contributed by atoms with Crippen molar-refractivity contribution in [2.45, 2.75) is 154 Å². The van der Waals surface area contributed by atoms with Crippen LogP contribution in [0.4, 0.5) is 0 Å². The minimum absolute atomic E-state index is 0.0269. The van der Waals surface area contributed by atoms with Crippen molar-refractivity contribution < 1.29 is 33.6 Å². The summed E-state index contributed by atoms with van der Waals surface area (Å²) in [5, 5.41) is 6.72. The Labute approximate surface area is 331 Å². The van der Waals surface area contributed by atoms with Crippen LogP contribution in [0.5, 0.6) is 0 Å². The fraction of sp³-hybridized carbons (Fsp3) is 0.811. The molecule has 0 radical (unpaired) electrons. The van der Waals surface area contributed by atoms with E-state index in [-0.39, 0.29) is 49.4 Å². The number of hydrogen-bond donors (Lipinski definition) is 8. The Morgan fingerprint density at radius 1 is 0.463 bits per heavy atom. The third-order valence-corrected chi connectivity index (χ3v) is 9.80. The number of hydrogen-bond acceptors (Lipinski definition) is 11. The topological polar surface area (TPSA) is 272 Å². The second-order valence-corrected chi connectivity index (χ2v) is 16.4. The Morgan fingerprint density at radius 2 is 0.759 bits per heavy atom. The maximum Gasteiger partial charge on any atom is 0.243 e. The van der Waals surface area contributed by atoms with Gasteiger partial charge in [-0.2, -0.15) is 0 Å². The van der Waals surface area contributed by atoms with Crippen molar-refractivity contribution in [2.75, 3.05) is 13.1 Å². The average Bonchev–Trinajstić information content (AvgIpc) is 3.10. The van der Waals surface area contributed by atoms with Crippen LogP contribution in [0.25, 0.3) is 0 Å². The van der Waals surface area contributed by atoms with Gasteiger partial charge in [-0.25, -0.2) is 0 Å². The Kier molecular flexibility index (Phi) is 24.9. The zero-order chi connectivity index (χ0) is 41.9. The maximum absolute atomic E-state index is 13.8. The molecule has 4 amide bonds. The van der Waals surface area contributed by atoms with E-state index in [9.17, 15) is 33.6 Å². The number of unbranched alkanes of at least 4 members (excludes halogenated alkanes) is 2. The lowest BCUT2D eigenvalue weighted by molar-refractivity contribution is -0.135. The highest BCUT2D eigenvalue weighted by atomic mass is 35.5. The third-order valence-electron chi connectivity index (χ3n) is 8.94. The summed E-state index contributed by atoms with van der Waals surface area (Å²) in [4.78, 5) is 93.7. The number of ketones is 3. The molecule has 8 atom stereocenters. The lowest BCUT2D eigenvalue weighted by atomic mass is 9.94. The highest BCUT2D eigenvalue weighted by molar-refractivity contribution is 6.52. The molecule has 0 bridgehead atoms. The van der Waals surface area contributed by atoms with Crippen molar-refractivity contribution >= 4 is 64.2 Å². The number of halogens is 2. The molecule has 0 saturated carbocycles. The molecule has 0 aliphatic rings. The predicted molar refractivity (Wildman–Crippen MR) is 212 cm³/mol. The largest absolute Gasteiger partial charge is 0.344 e. The van der Waals surface area contributed by atoms with Crippen LogP contribution >= 0.6 is 23.2 Å². The fourth-order valence-electron chi connectivity index (χ4n) is 5.41. The monoisotopic (exact) mass is 806 g/mol. The van der Waals surface area contributed by atoms with E-state index in [0.29, 0.717) is 38.8 Å². The van der Waals surface area contributed by atoms with Crippen molar-refractivity contribution in [1.29, 1.82) is 0 Å². The molecule has 0 fully saturated rings. The van der Waals surface area contributed by atoms with Crippen LogP contribution in [0.3, 0.4) is 0 Å². The fourth-order valence-corrected chi connectivity index (χ4v) is 6.03. The highest BCUT2D eigenvalue weighted by Crippen LogP contribution is 2.18. The number of nitrogens with one attached hydrogen (secondary N) is 4. The Balaban J connectivity index is 6.28. The van der Waals surface area contributed by atoms with Gasteiger partial charge in [-0.15, -0.1) is 23.2 Å². The van der Waals surface area contributed by atoms with Crippen LogP contribution in [0.2, 0.25) is 0 Å². The molecule has 54 heavy (non-hydrogen) atoms. The molecule has 15 nitrogen and oxygen atoms in total. The first-order chi connectivity index (χ1) is 25.1. The van der Waals surface area contributed by atoms with E-state index in [1.165, 1.54) is 0 Å². The summed E-state index contributed by atoms with van der Waals surface area (Å²) < 4.78 is 0. The van der Waals surface area contributed by atoms with E-state index in [0.717, 1.165) is 0 Å². The molecule has 0 aliphatic heterocycles. The lowest BCUT2D eigenvalue weighted by Crippen LogP contribution is -2.57. The summed E-state index contributed by atoms with van der Waals surface area (Å²) in [6, 6.07) is -6.38. The first-order valence-electron chi connectivity index (χ1n) is 19.1. The van der Waals surface area contributed by atoms with Gasteiger partial charge in [0.05, 0.1) is 24.2 Å². The molecule has 2 unspecified atom stereocenters.